The number of H-pyrrole nitrogens is 1. The quantitative estimate of drug-likeness (QED) is 0.259. The van der Waals surface area contributed by atoms with Crippen LogP contribution in [0.1, 0.15) is 25.3 Å². The minimum absolute atomic E-state index is 0.0142. The summed E-state index contributed by atoms with van der Waals surface area (Å²) in [6.45, 7) is 4.21. The zero-order chi connectivity index (χ0) is 22.7. The Labute approximate surface area is 188 Å². The van der Waals surface area contributed by atoms with Crippen LogP contribution in [0.2, 0.25) is 0 Å². The van der Waals surface area contributed by atoms with Gasteiger partial charge in [-0.25, -0.2) is 14.5 Å². The van der Waals surface area contributed by atoms with E-state index < -0.39 is 5.97 Å². The second kappa shape index (κ2) is 9.27. The van der Waals surface area contributed by atoms with Crippen molar-refractivity contribution in [1.82, 2.24) is 19.6 Å². The van der Waals surface area contributed by atoms with Gasteiger partial charge in [0.15, 0.2) is 16.6 Å². The van der Waals surface area contributed by atoms with Gasteiger partial charge in [-0.15, -0.1) is 0 Å². The molecule has 0 saturated carbocycles. The van der Waals surface area contributed by atoms with Crippen LogP contribution in [0.25, 0.3) is 17.0 Å². The van der Waals surface area contributed by atoms with Crippen LogP contribution in [0.15, 0.2) is 64.5 Å². The van der Waals surface area contributed by atoms with E-state index in [1.807, 2.05) is 24.3 Å². The van der Waals surface area contributed by atoms with Crippen LogP contribution < -0.4 is 15.0 Å². The lowest BCUT2D eigenvalue weighted by molar-refractivity contribution is -0.131. The lowest BCUT2D eigenvalue weighted by Gasteiger charge is -2.09. The summed E-state index contributed by atoms with van der Waals surface area (Å²) in [4.78, 5) is 33.3. The molecular formula is C23H22N4O4S. The van der Waals surface area contributed by atoms with Crippen molar-refractivity contribution in [1.29, 1.82) is 0 Å². The normalized spacial score (nSPS) is 11.1. The molecule has 0 atom stereocenters. The van der Waals surface area contributed by atoms with Crippen LogP contribution in [0.5, 0.6) is 11.5 Å². The SMILES string of the molecule is COc1ccc(-c2nc(SCC(=O)Oc3ccc(C(C)C)cc3)n3[nH]c(=O)cc3n2)cc1. The molecule has 0 aliphatic rings. The third-order valence-electron chi connectivity index (χ3n) is 4.77. The summed E-state index contributed by atoms with van der Waals surface area (Å²) >= 11 is 1.16. The Bertz CT molecular complexity index is 1290. The molecule has 2 heterocycles. The van der Waals surface area contributed by atoms with Gasteiger partial charge >= 0.3 is 5.97 Å². The number of methoxy groups -OCH3 is 1. The summed E-state index contributed by atoms with van der Waals surface area (Å²) < 4.78 is 12.1. The number of rotatable bonds is 7. The van der Waals surface area contributed by atoms with Gasteiger partial charge < -0.3 is 9.47 Å². The first-order valence-corrected chi connectivity index (χ1v) is 11.0. The smallest absolute Gasteiger partial charge is 0.321 e. The largest absolute Gasteiger partial charge is 0.497 e. The van der Waals surface area contributed by atoms with E-state index in [-0.39, 0.29) is 11.3 Å². The highest BCUT2D eigenvalue weighted by Gasteiger charge is 2.14. The van der Waals surface area contributed by atoms with Gasteiger partial charge in [0, 0.05) is 11.6 Å². The molecule has 1 N–H and O–H groups in total. The highest BCUT2D eigenvalue weighted by Crippen LogP contribution is 2.24. The fraction of sp³-hybridized carbons (Fsp3) is 0.217. The van der Waals surface area contributed by atoms with Crippen molar-refractivity contribution in [2.24, 2.45) is 0 Å². The molecule has 0 aliphatic carbocycles. The van der Waals surface area contributed by atoms with Gasteiger partial charge in [-0.1, -0.05) is 37.7 Å². The number of ether oxygens (including phenoxy) is 2. The molecule has 8 nitrogen and oxygen atoms in total. The first-order chi connectivity index (χ1) is 15.4. The maximum absolute atomic E-state index is 12.4. The molecule has 0 saturated heterocycles. The Morgan fingerprint density at radius 3 is 2.41 bits per heavy atom. The number of nitrogens with zero attached hydrogens (tertiary/aromatic N) is 3. The number of thioether (sulfide) groups is 1. The number of hydrogen-bond acceptors (Lipinski definition) is 7. The maximum Gasteiger partial charge on any atom is 0.321 e. The fourth-order valence-corrected chi connectivity index (χ4v) is 3.78. The van der Waals surface area contributed by atoms with E-state index in [1.54, 1.807) is 31.4 Å². The standard InChI is InChI=1S/C23H22N4O4S/c1-14(2)15-4-10-18(11-5-15)31-21(29)13-32-23-25-22(16-6-8-17(30-3)9-7-16)24-19-12-20(28)26-27(19)23/h4-12,14H,13H2,1-3H3,(H,26,28). The van der Waals surface area contributed by atoms with Crippen molar-refractivity contribution in [3.8, 4) is 22.9 Å². The van der Waals surface area contributed by atoms with Gasteiger partial charge in [-0.2, -0.15) is 0 Å². The zero-order valence-corrected chi connectivity index (χ0v) is 18.7. The number of fused-ring (bicyclic) bond motifs is 1. The molecule has 0 unspecified atom stereocenters. The number of esters is 1. The second-order valence-corrected chi connectivity index (χ2v) is 8.30. The number of hydrogen-bond donors (Lipinski definition) is 1. The summed E-state index contributed by atoms with van der Waals surface area (Å²) in [6, 6.07) is 16.1. The third kappa shape index (κ3) is 4.83. The van der Waals surface area contributed by atoms with E-state index in [9.17, 15) is 9.59 Å². The molecule has 32 heavy (non-hydrogen) atoms. The fourth-order valence-electron chi connectivity index (χ4n) is 3.05. The summed E-state index contributed by atoms with van der Waals surface area (Å²) in [5.74, 6) is 1.64. The van der Waals surface area contributed by atoms with E-state index in [4.69, 9.17) is 9.47 Å². The van der Waals surface area contributed by atoms with E-state index >= 15 is 0 Å². The van der Waals surface area contributed by atoms with E-state index in [2.05, 4.69) is 28.9 Å². The van der Waals surface area contributed by atoms with Crippen molar-refractivity contribution in [3.05, 3.63) is 70.5 Å². The van der Waals surface area contributed by atoms with Crippen LogP contribution >= 0.6 is 11.8 Å². The maximum atomic E-state index is 12.4. The molecule has 0 amide bonds. The van der Waals surface area contributed by atoms with Crippen molar-refractivity contribution < 1.29 is 14.3 Å². The summed E-state index contributed by atoms with van der Waals surface area (Å²) in [5.41, 5.74) is 2.04. The van der Waals surface area contributed by atoms with E-state index in [0.717, 1.165) is 17.3 Å². The molecule has 0 radical (unpaired) electrons. The molecule has 2 aromatic carbocycles. The Kier molecular flexibility index (Phi) is 6.27. The predicted molar refractivity (Wildman–Crippen MR) is 122 cm³/mol. The van der Waals surface area contributed by atoms with Gasteiger partial charge in [0.25, 0.3) is 5.56 Å². The van der Waals surface area contributed by atoms with Crippen molar-refractivity contribution >= 4 is 23.4 Å². The second-order valence-electron chi connectivity index (χ2n) is 7.36. The molecule has 4 aromatic rings. The number of carbonyl (C=O) groups excluding carboxylic acids is 1. The Morgan fingerprint density at radius 2 is 1.75 bits per heavy atom. The first kappa shape index (κ1) is 21.6. The van der Waals surface area contributed by atoms with Gasteiger partial charge in [-0.3, -0.25) is 14.7 Å². The molecule has 0 aliphatic heterocycles. The van der Waals surface area contributed by atoms with Crippen LogP contribution in [-0.4, -0.2) is 38.4 Å². The molecule has 0 fully saturated rings. The molecule has 0 bridgehead atoms. The Morgan fingerprint density at radius 1 is 1.06 bits per heavy atom. The number of benzene rings is 2. The molecule has 4 rings (SSSR count). The van der Waals surface area contributed by atoms with Crippen molar-refractivity contribution in [2.45, 2.75) is 24.9 Å². The average molecular weight is 451 g/mol. The Hall–Kier alpha value is -3.59. The highest BCUT2D eigenvalue weighted by atomic mass is 32.2. The van der Waals surface area contributed by atoms with Crippen LogP contribution in [0.3, 0.4) is 0 Å². The Balaban J connectivity index is 1.53. The lowest BCUT2D eigenvalue weighted by Crippen LogP contribution is -2.12. The molecular weight excluding hydrogens is 428 g/mol. The summed E-state index contributed by atoms with van der Waals surface area (Å²) in [6.07, 6.45) is 0. The van der Waals surface area contributed by atoms with Gasteiger partial charge in [0.2, 0.25) is 0 Å². The number of nitrogens with one attached hydrogen (secondary N) is 1. The predicted octanol–water partition coefficient (Wildman–Crippen LogP) is 3.91. The lowest BCUT2D eigenvalue weighted by atomic mass is 10.0. The van der Waals surface area contributed by atoms with Gasteiger partial charge in [0.05, 0.1) is 12.9 Å². The molecule has 9 heteroatoms. The molecule has 2 aromatic heterocycles. The number of aromatic nitrogens is 4. The average Bonchev–Trinajstić information content (AvgIpc) is 3.18. The molecule has 164 valence electrons. The minimum atomic E-state index is -0.417. The van der Waals surface area contributed by atoms with Crippen molar-refractivity contribution in [3.63, 3.8) is 0 Å². The van der Waals surface area contributed by atoms with Gasteiger partial charge in [-0.05, 0) is 47.9 Å². The third-order valence-corrected chi connectivity index (χ3v) is 5.68. The van der Waals surface area contributed by atoms with Crippen molar-refractivity contribution in [2.75, 3.05) is 12.9 Å². The van der Waals surface area contributed by atoms with E-state index in [1.165, 1.54) is 16.1 Å². The topological polar surface area (TPSA) is 98.6 Å². The van der Waals surface area contributed by atoms with Crippen LogP contribution in [0, 0.1) is 0 Å². The number of carbonyl (C=O) groups is 1. The first-order valence-electron chi connectivity index (χ1n) is 10.0. The van der Waals surface area contributed by atoms with Crippen LogP contribution in [0.4, 0.5) is 0 Å². The van der Waals surface area contributed by atoms with Gasteiger partial charge in [0.1, 0.15) is 11.5 Å². The summed E-state index contributed by atoms with van der Waals surface area (Å²) in [5, 5.41) is 3.08. The highest BCUT2D eigenvalue weighted by molar-refractivity contribution is 7.99. The zero-order valence-electron chi connectivity index (χ0n) is 17.9. The van der Waals surface area contributed by atoms with Crippen LogP contribution in [-0.2, 0) is 4.79 Å². The minimum Gasteiger partial charge on any atom is -0.497 e. The number of aromatic amines is 1. The summed E-state index contributed by atoms with van der Waals surface area (Å²) in [7, 11) is 1.59. The monoisotopic (exact) mass is 450 g/mol. The van der Waals surface area contributed by atoms with E-state index in [0.29, 0.717) is 34.0 Å². The molecule has 0 spiro atoms.